The predicted octanol–water partition coefficient (Wildman–Crippen LogP) is 3.47. The Morgan fingerprint density at radius 1 is 0.727 bits per heavy atom. The van der Waals surface area contributed by atoms with Crippen LogP contribution >= 0.6 is 0 Å². The third kappa shape index (κ3) is 3.73. The highest BCUT2D eigenvalue weighted by Gasteiger charge is 2.43. The van der Waals surface area contributed by atoms with Gasteiger partial charge >= 0.3 is 0 Å². The molecule has 2 amide bonds. The van der Waals surface area contributed by atoms with E-state index in [0.29, 0.717) is 31.7 Å². The topological polar surface area (TPSA) is 56.8 Å². The lowest BCUT2D eigenvalue weighted by molar-refractivity contribution is -0.120. The van der Waals surface area contributed by atoms with E-state index < -0.39 is 23.4 Å². The van der Waals surface area contributed by atoms with Crippen LogP contribution in [0.25, 0.3) is 5.57 Å². The van der Waals surface area contributed by atoms with Crippen molar-refractivity contribution in [3.8, 4) is 0 Å². The molecule has 2 aromatic carbocycles. The molecule has 2 aliphatic rings. The summed E-state index contributed by atoms with van der Waals surface area (Å²) in [5.41, 5.74) is 1.13. The molecule has 0 aliphatic carbocycles. The number of nitrogens with zero attached hydrogens (tertiary/aromatic N) is 4. The number of piperazine rings is 1. The SMILES string of the molecule is O=C1C(c2ccccc2)=C(N2CCN(c3ccccn3)CC2)C(=O)N1c1ccc(F)c(F)c1. The first-order valence-electron chi connectivity index (χ1n) is 10.6. The van der Waals surface area contributed by atoms with E-state index in [4.69, 9.17) is 0 Å². The summed E-state index contributed by atoms with van der Waals surface area (Å²) in [6.07, 6.45) is 1.73. The maximum Gasteiger partial charge on any atom is 0.282 e. The number of hydrogen-bond donors (Lipinski definition) is 0. The first-order valence-corrected chi connectivity index (χ1v) is 10.6. The Labute approximate surface area is 189 Å². The van der Waals surface area contributed by atoms with Gasteiger partial charge < -0.3 is 9.80 Å². The number of benzene rings is 2. The van der Waals surface area contributed by atoms with Crippen LogP contribution in [0.2, 0.25) is 0 Å². The molecule has 1 saturated heterocycles. The van der Waals surface area contributed by atoms with Crippen LogP contribution in [0.3, 0.4) is 0 Å². The van der Waals surface area contributed by atoms with E-state index in [2.05, 4.69) is 9.88 Å². The average molecular weight is 446 g/mol. The Kier molecular flexibility index (Phi) is 5.34. The summed E-state index contributed by atoms with van der Waals surface area (Å²) >= 11 is 0. The molecule has 5 rings (SSSR count). The van der Waals surface area contributed by atoms with Gasteiger partial charge in [-0.3, -0.25) is 9.59 Å². The zero-order valence-electron chi connectivity index (χ0n) is 17.6. The molecule has 6 nitrogen and oxygen atoms in total. The summed E-state index contributed by atoms with van der Waals surface area (Å²) in [6, 6.07) is 17.7. The lowest BCUT2D eigenvalue weighted by Crippen LogP contribution is -2.48. The fourth-order valence-corrected chi connectivity index (χ4v) is 4.24. The van der Waals surface area contributed by atoms with Crippen LogP contribution in [-0.2, 0) is 9.59 Å². The molecule has 0 saturated carbocycles. The highest BCUT2D eigenvalue weighted by atomic mass is 19.2. The summed E-state index contributed by atoms with van der Waals surface area (Å²) in [6.45, 7) is 2.25. The van der Waals surface area contributed by atoms with E-state index in [1.54, 1.807) is 30.5 Å². The number of anilines is 2. The second-order valence-electron chi connectivity index (χ2n) is 7.80. The zero-order chi connectivity index (χ0) is 22.9. The molecule has 0 radical (unpaired) electrons. The number of amides is 2. The van der Waals surface area contributed by atoms with Crippen molar-refractivity contribution in [2.45, 2.75) is 0 Å². The van der Waals surface area contributed by atoms with Gasteiger partial charge in [0.1, 0.15) is 11.5 Å². The van der Waals surface area contributed by atoms with E-state index in [1.807, 2.05) is 29.2 Å². The van der Waals surface area contributed by atoms with E-state index in [-0.39, 0.29) is 17.0 Å². The molecular weight excluding hydrogens is 426 g/mol. The van der Waals surface area contributed by atoms with Gasteiger partial charge in [-0.2, -0.15) is 0 Å². The Hall–Kier alpha value is -4.07. The number of aromatic nitrogens is 1. The highest BCUT2D eigenvalue weighted by molar-refractivity contribution is 6.45. The normalized spacial score (nSPS) is 16.7. The second kappa shape index (κ2) is 8.46. The van der Waals surface area contributed by atoms with Gasteiger partial charge in [-0.05, 0) is 29.8 Å². The van der Waals surface area contributed by atoms with Crippen molar-refractivity contribution in [3.63, 3.8) is 0 Å². The molecule has 33 heavy (non-hydrogen) atoms. The van der Waals surface area contributed by atoms with Crippen LogP contribution in [0, 0.1) is 11.6 Å². The van der Waals surface area contributed by atoms with Crippen LogP contribution in [0.4, 0.5) is 20.3 Å². The Morgan fingerprint density at radius 3 is 2.09 bits per heavy atom. The van der Waals surface area contributed by atoms with Gasteiger partial charge in [0.25, 0.3) is 11.8 Å². The monoisotopic (exact) mass is 446 g/mol. The quantitative estimate of drug-likeness (QED) is 0.575. The van der Waals surface area contributed by atoms with Crippen LogP contribution in [-0.4, -0.2) is 47.9 Å². The Bertz CT molecular complexity index is 1240. The van der Waals surface area contributed by atoms with Gasteiger partial charge in [-0.25, -0.2) is 18.7 Å². The highest BCUT2D eigenvalue weighted by Crippen LogP contribution is 2.35. The second-order valence-corrected chi connectivity index (χ2v) is 7.80. The van der Waals surface area contributed by atoms with Crippen molar-refractivity contribution in [2.75, 3.05) is 36.0 Å². The number of rotatable bonds is 4. The molecule has 1 aromatic heterocycles. The molecule has 8 heteroatoms. The number of carbonyl (C=O) groups is 2. The molecule has 0 bridgehead atoms. The van der Waals surface area contributed by atoms with Gasteiger partial charge in [0.2, 0.25) is 0 Å². The largest absolute Gasteiger partial charge is 0.363 e. The smallest absolute Gasteiger partial charge is 0.282 e. The first kappa shape index (κ1) is 20.8. The van der Waals surface area contributed by atoms with Crippen molar-refractivity contribution in [1.29, 1.82) is 0 Å². The third-order valence-corrected chi connectivity index (χ3v) is 5.85. The molecule has 0 spiro atoms. The first-order chi connectivity index (χ1) is 16.0. The van der Waals surface area contributed by atoms with Crippen LogP contribution < -0.4 is 9.80 Å². The van der Waals surface area contributed by atoms with E-state index in [9.17, 15) is 18.4 Å². The lowest BCUT2D eigenvalue weighted by Gasteiger charge is -2.37. The van der Waals surface area contributed by atoms with E-state index >= 15 is 0 Å². The molecule has 166 valence electrons. The molecule has 0 atom stereocenters. The van der Waals surface area contributed by atoms with E-state index in [0.717, 1.165) is 22.9 Å². The van der Waals surface area contributed by atoms with Gasteiger partial charge in [-0.1, -0.05) is 36.4 Å². The maximum absolute atomic E-state index is 13.9. The zero-order valence-corrected chi connectivity index (χ0v) is 17.6. The van der Waals surface area contributed by atoms with Crippen molar-refractivity contribution in [2.24, 2.45) is 0 Å². The van der Waals surface area contributed by atoms with Crippen LogP contribution in [0.1, 0.15) is 5.56 Å². The fourth-order valence-electron chi connectivity index (χ4n) is 4.24. The van der Waals surface area contributed by atoms with Gasteiger partial charge in [0.15, 0.2) is 11.6 Å². The third-order valence-electron chi connectivity index (χ3n) is 5.85. The van der Waals surface area contributed by atoms with Crippen molar-refractivity contribution < 1.29 is 18.4 Å². The molecule has 2 aliphatic heterocycles. The predicted molar refractivity (Wildman–Crippen MR) is 120 cm³/mol. The van der Waals surface area contributed by atoms with E-state index in [1.165, 1.54) is 6.07 Å². The summed E-state index contributed by atoms with van der Waals surface area (Å²) in [7, 11) is 0. The number of pyridine rings is 1. The molecule has 3 aromatic rings. The number of carbonyl (C=O) groups excluding carboxylic acids is 2. The lowest BCUT2D eigenvalue weighted by atomic mass is 10.0. The van der Waals surface area contributed by atoms with Crippen LogP contribution in [0.15, 0.2) is 78.6 Å². The van der Waals surface area contributed by atoms with Crippen molar-refractivity contribution in [3.05, 3.63) is 95.8 Å². The van der Waals surface area contributed by atoms with Crippen molar-refractivity contribution in [1.82, 2.24) is 9.88 Å². The number of hydrogen-bond acceptors (Lipinski definition) is 5. The van der Waals surface area contributed by atoms with Crippen LogP contribution in [0.5, 0.6) is 0 Å². The fraction of sp³-hybridized carbons (Fsp3) is 0.160. The Balaban J connectivity index is 1.50. The van der Waals surface area contributed by atoms with Gasteiger partial charge in [0.05, 0.1) is 11.3 Å². The minimum Gasteiger partial charge on any atom is -0.363 e. The summed E-state index contributed by atoms with van der Waals surface area (Å²) in [4.78, 5) is 36.3. The molecule has 3 heterocycles. The average Bonchev–Trinajstić information content (AvgIpc) is 3.12. The standard InChI is InChI=1S/C25H20F2N4O2/c26-19-10-9-18(16-20(19)27)31-24(32)22(17-6-2-1-3-7-17)23(25(31)33)30-14-12-29(13-15-30)21-8-4-5-11-28-21/h1-11,16H,12-15H2. The van der Waals surface area contributed by atoms with Crippen molar-refractivity contribution >= 4 is 28.9 Å². The van der Waals surface area contributed by atoms with Gasteiger partial charge in [-0.15, -0.1) is 0 Å². The Morgan fingerprint density at radius 2 is 1.42 bits per heavy atom. The molecule has 0 unspecified atom stereocenters. The summed E-state index contributed by atoms with van der Waals surface area (Å²) in [5.74, 6) is -2.41. The maximum atomic E-state index is 13.9. The molecular formula is C25H20F2N4O2. The minimum absolute atomic E-state index is 0.000507. The van der Waals surface area contributed by atoms with Gasteiger partial charge in [0, 0.05) is 38.4 Å². The molecule has 0 N–H and O–H groups in total. The summed E-state index contributed by atoms with van der Waals surface area (Å²) in [5, 5.41) is 0. The summed E-state index contributed by atoms with van der Waals surface area (Å²) < 4.78 is 27.4. The molecule has 1 fully saturated rings. The minimum atomic E-state index is -1.12. The number of halogens is 2. The number of imide groups is 1.